The van der Waals surface area contributed by atoms with Gasteiger partial charge in [-0.15, -0.1) is 0 Å². The summed E-state index contributed by atoms with van der Waals surface area (Å²) >= 11 is 13.3. The number of para-hydroxylation sites is 2. The molecule has 15 heterocycles. The summed E-state index contributed by atoms with van der Waals surface area (Å²) in [5.41, 5.74) is 14.5. The van der Waals surface area contributed by atoms with Crippen LogP contribution in [0.4, 0.5) is 0 Å². The van der Waals surface area contributed by atoms with Crippen molar-refractivity contribution in [1.29, 1.82) is 0 Å². The van der Waals surface area contributed by atoms with Gasteiger partial charge in [0.05, 0.1) is 83.6 Å². The van der Waals surface area contributed by atoms with Crippen LogP contribution in [0.3, 0.4) is 0 Å². The first-order valence-corrected chi connectivity index (χ1v) is 33.9. The van der Waals surface area contributed by atoms with Crippen molar-refractivity contribution in [1.82, 2.24) is 78.4 Å². The van der Waals surface area contributed by atoms with E-state index in [1.54, 1.807) is 36.9 Å². The number of benzene rings is 4. The van der Waals surface area contributed by atoms with Crippen molar-refractivity contribution in [3.63, 3.8) is 0 Å². The van der Waals surface area contributed by atoms with Gasteiger partial charge in [-0.1, -0.05) is 54.6 Å². The van der Waals surface area contributed by atoms with Crippen molar-refractivity contribution in [2.45, 2.75) is 20.8 Å². The minimum Gasteiger partial charge on any atom is -0.508 e. The Labute approximate surface area is 591 Å². The van der Waals surface area contributed by atoms with Crippen molar-refractivity contribution >= 4 is 162 Å². The Hall–Kier alpha value is -11.2. The van der Waals surface area contributed by atoms with E-state index in [1.165, 1.54) is 5.39 Å². The number of hydrogen-bond acceptors (Lipinski definition) is 13. The number of aromatic hydroxyl groups is 1. The molecule has 4 aromatic carbocycles. The number of H-pyrrole nitrogens is 1. The van der Waals surface area contributed by atoms with Crippen LogP contribution in [-0.2, 0) is 0 Å². The van der Waals surface area contributed by atoms with Crippen LogP contribution in [0, 0.1) is 20.8 Å². The molecule has 19 rings (SSSR count). The first-order valence-electron chi connectivity index (χ1n) is 30.8. The molecule has 0 radical (unpaired) electrons. The van der Waals surface area contributed by atoms with Crippen molar-refractivity contribution in [2.24, 2.45) is 0 Å². The maximum Gasteiger partial charge on any atom is 0.219 e. The van der Waals surface area contributed by atoms with E-state index in [9.17, 15) is 5.11 Å². The summed E-state index contributed by atoms with van der Waals surface area (Å²) in [5.74, 6) is 3.20. The van der Waals surface area contributed by atoms with Crippen LogP contribution in [0.25, 0.3) is 121 Å². The fraction of sp³-hybridized carbons (Fsp3) is 0.0395. The highest BCUT2D eigenvalue weighted by atomic mass is 79.9. The number of nitrogens with zero attached hydrogens (tertiary/aromatic N) is 15. The second-order valence-corrected chi connectivity index (χ2v) is 25.9. The number of fused-ring (bicyclic) bond motifs is 18. The number of hydrogen-bond donors (Lipinski definition) is 2. The predicted octanol–water partition coefficient (Wildman–Crippen LogP) is 19.6. The third kappa shape index (κ3) is 12.4. The minimum atomic E-state index is 0.262. The lowest BCUT2D eigenvalue weighted by molar-refractivity contribution is 0.466. The highest BCUT2D eigenvalue weighted by Gasteiger charge is 2.18. The zero-order valence-electron chi connectivity index (χ0n) is 52.2. The van der Waals surface area contributed by atoms with Crippen LogP contribution in [0.1, 0.15) is 17.1 Å². The van der Waals surface area contributed by atoms with Gasteiger partial charge in [0.1, 0.15) is 48.2 Å². The molecular weight excluding hydrogens is 1490 g/mol. The third-order valence-corrected chi connectivity index (χ3v) is 18.9. The normalized spacial score (nSPS) is 11.3. The summed E-state index contributed by atoms with van der Waals surface area (Å²) in [6.07, 6.45) is 12.6. The number of phenols is 1. The van der Waals surface area contributed by atoms with Crippen LogP contribution in [0.15, 0.2) is 268 Å². The second-order valence-electron chi connectivity index (χ2n) is 22.6. The van der Waals surface area contributed by atoms with Crippen LogP contribution < -0.4 is 4.74 Å². The van der Waals surface area contributed by atoms with E-state index in [0.717, 1.165) is 151 Å². The third-order valence-electron chi connectivity index (χ3n) is 16.2. The molecule has 0 amide bonds. The van der Waals surface area contributed by atoms with Gasteiger partial charge in [-0.3, -0.25) is 24.2 Å². The molecule has 19 aromatic rings. The van der Waals surface area contributed by atoms with Crippen LogP contribution >= 0.6 is 63.7 Å². The molecule has 22 heteroatoms. The van der Waals surface area contributed by atoms with Gasteiger partial charge in [-0.2, -0.15) is 15.3 Å². The number of aromatic nitrogens is 16. The number of phenolic OH excluding ortho intramolecular Hbond substituents is 1. The standard InChI is InChI=1S/C31H20N6O.C17H12N2O.C14H9BrN4.C9H8BrN3.C5H3Br2N/c1-19-16-27-31-24(23-13-15-32-18-28(23)37(27)35-19)11-12-30(34-31)38-20-9-10-22-21-6-2-3-7-25(21)36(26(22)17-20)29-8-4-5-14-33-29;20-12-8-9-14-13-5-1-2-6-15(13)19(16(14)11-12)17-7-3-4-10-18-17;1-8-6-11-14-10(2-3-13(15)17-14)9-4-5-16-7-12(9)19(11)18-8;1-6-5-8(13-12-6)7-3-2-4-9(10)11-7;6-4-2-1-3-8-5(4)7/h2-18H,1H3;1-11,20H;2-7H,1H3;2-5H,1H3,(H,12,13);1-3H. The van der Waals surface area contributed by atoms with Crippen LogP contribution in [0.2, 0.25) is 0 Å². The Morgan fingerprint density at radius 3 is 1.51 bits per heavy atom. The average Bonchev–Trinajstić information content (AvgIpc) is 0.938. The molecule has 98 heavy (non-hydrogen) atoms. The lowest BCUT2D eigenvalue weighted by atomic mass is 10.1. The van der Waals surface area contributed by atoms with Crippen molar-refractivity contribution < 1.29 is 9.84 Å². The molecule has 15 aromatic heterocycles. The lowest BCUT2D eigenvalue weighted by Crippen LogP contribution is -1.97. The number of aromatic amines is 1. The molecule has 2 N–H and O–H groups in total. The molecule has 0 aliphatic heterocycles. The Balaban J connectivity index is 0.000000110. The fourth-order valence-electron chi connectivity index (χ4n) is 12.1. The Morgan fingerprint density at radius 2 is 0.939 bits per heavy atom. The number of nitrogens with one attached hydrogen (secondary N) is 1. The van der Waals surface area contributed by atoms with Gasteiger partial charge < -0.3 is 9.84 Å². The summed E-state index contributed by atoms with van der Waals surface area (Å²) < 4.78 is 17.9. The van der Waals surface area contributed by atoms with Gasteiger partial charge in [0, 0.05) is 98.0 Å². The molecule has 0 saturated carbocycles. The van der Waals surface area contributed by atoms with Crippen molar-refractivity contribution in [3.05, 3.63) is 285 Å². The molecule has 0 fully saturated rings. The molecule has 18 nitrogen and oxygen atoms in total. The maximum absolute atomic E-state index is 9.79. The van der Waals surface area contributed by atoms with Crippen LogP contribution in [-0.4, -0.2) is 83.5 Å². The molecular formula is C76H52Br4N16O2. The summed E-state index contributed by atoms with van der Waals surface area (Å²) in [4.78, 5) is 35.4. The van der Waals surface area contributed by atoms with E-state index in [2.05, 4.69) is 189 Å². The highest BCUT2D eigenvalue weighted by molar-refractivity contribution is 9.13. The monoisotopic (exact) mass is 1540 g/mol. The van der Waals surface area contributed by atoms with Crippen LogP contribution in [0.5, 0.6) is 17.4 Å². The number of aryl methyl sites for hydroxylation is 3. The second kappa shape index (κ2) is 27.1. The fourth-order valence-corrected chi connectivity index (χ4v) is 13.2. The molecule has 0 bridgehead atoms. The summed E-state index contributed by atoms with van der Waals surface area (Å²) in [5, 5.41) is 34.9. The molecule has 0 aliphatic carbocycles. The van der Waals surface area contributed by atoms with Crippen molar-refractivity contribution in [2.75, 3.05) is 0 Å². The largest absolute Gasteiger partial charge is 0.508 e. The van der Waals surface area contributed by atoms with Gasteiger partial charge in [-0.25, -0.2) is 38.9 Å². The van der Waals surface area contributed by atoms with E-state index < -0.39 is 0 Å². The zero-order valence-corrected chi connectivity index (χ0v) is 58.6. The highest BCUT2D eigenvalue weighted by Crippen LogP contribution is 2.38. The number of rotatable bonds is 5. The molecule has 0 atom stereocenters. The van der Waals surface area contributed by atoms with Gasteiger partial charge in [-0.05, 0) is 218 Å². The zero-order chi connectivity index (χ0) is 67.0. The number of pyridine rings is 10. The Kier molecular flexibility index (Phi) is 17.4. The number of halogens is 4. The smallest absolute Gasteiger partial charge is 0.219 e. The first kappa shape index (κ1) is 62.9. The van der Waals surface area contributed by atoms with E-state index in [-0.39, 0.29) is 5.75 Å². The Bertz CT molecular complexity index is 6180. The molecule has 0 spiro atoms. The average molecular weight is 1540 g/mol. The maximum atomic E-state index is 9.79. The number of ether oxygens (including phenoxy) is 1. The minimum absolute atomic E-state index is 0.262. The molecule has 0 unspecified atom stereocenters. The molecule has 0 aliphatic rings. The van der Waals surface area contributed by atoms with Gasteiger partial charge in [0.2, 0.25) is 5.88 Å². The molecule has 0 saturated heterocycles. The van der Waals surface area contributed by atoms with E-state index in [4.69, 9.17) is 9.72 Å². The van der Waals surface area contributed by atoms with Gasteiger partial charge in [0.15, 0.2) is 0 Å². The topological polar surface area (TPSA) is 206 Å². The Morgan fingerprint density at radius 1 is 0.398 bits per heavy atom. The van der Waals surface area contributed by atoms with Crippen molar-refractivity contribution in [3.8, 4) is 40.4 Å². The van der Waals surface area contributed by atoms with E-state index in [0.29, 0.717) is 11.6 Å². The quantitative estimate of drug-likeness (QED) is 0.122. The molecule has 476 valence electrons. The predicted molar refractivity (Wildman–Crippen MR) is 402 cm³/mol. The lowest BCUT2D eigenvalue weighted by Gasteiger charge is -2.10. The summed E-state index contributed by atoms with van der Waals surface area (Å²) in [6, 6.07) is 67.6. The van der Waals surface area contributed by atoms with E-state index in [1.807, 2.05) is 182 Å². The van der Waals surface area contributed by atoms with Gasteiger partial charge in [0.25, 0.3) is 0 Å². The first-order chi connectivity index (χ1) is 47.9. The summed E-state index contributed by atoms with van der Waals surface area (Å²) in [6.45, 7) is 5.94. The van der Waals surface area contributed by atoms with Gasteiger partial charge >= 0.3 is 0 Å². The summed E-state index contributed by atoms with van der Waals surface area (Å²) in [7, 11) is 0. The SMILES string of the molecule is Brc1cccnc1Br.Cc1cc(-c2cccc(Br)n2)n[nH]1.Cc1cc2c3nc(Br)ccc3c3ccncc3n2n1.Cc1cc2c3nc(Oc4ccc5c6ccccc6n(-c6ccccn6)c5c4)ccc3c3ccncc3n2n1.Oc1ccc2c3ccccc3n(-c3ccccn3)c2c1. The van der Waals surface area contributed by atoms with E-state index >= 15 is 0 Å².